The predicted octanol–water partition coefficient (Wildman–Crippen LogP) is 0.438. The number of rotatable bonds is 2. The maximum absolute atomic E-state index is 11.8. The van der Waals surface area contributed by atoms with Crippen molar-refractivity contribution in [3.8, 4) is 0 Å². The molecule has 1 aliphatic rings. The molecule has 1 amide bonds. The molecular formula is C11H17N3O. The summed E-state index contributed by atoms with van der Waals surface area (Å²) in [4.78, 5) is 13.7. The third-order valence-electron chi connectivity index (χ3n) is 2.88. The average Bonchev–Trinajstić information content (AvgIpc) is 2.71. The molecule has 15 heavy (non-hydrogen) atoms. The molecule has 0 spiro atoms. The normalized spacial score (nSPS) is 18.1. The second kappa shape index (κ2) is 4.49. The first-order valence-electron chi connectivity index (χ1n) is 5.40. The molecule has 2 heterocycles. The minimum absolute atomic E-state index is 0.193. The van der Waals surface area contributed by atoms with Gasteiger partial charge >= 0.3 is 0 Å². The molecule has 1 aromatic heterocycles. The number of carbonyl (C=O) groups is 1. The fourth-order valence-electron chi connectivity index (χ4n) is 1.88. The van der Waals surface area contributed by atoms with E-state index in [2.05, 4.69) is 0 Å². The average molecular weight is 207 g/mol. The van der Waals surface area contributed by atoms with E-state index < -0.39 is 0 Å². The maximum atomic E-state index is 11.8. The lowest BCUT2D eigenvalue weighted by Crippen LogP contribution is -2.43. The Kier molecular flexibility index (Phi) is 3.06. The van der Waals surface area contributed by atoms with Crippen LogP contribution in [0.1, 0.15) is 12.8 Å². The molecule has 4 heteroatoms. The molecule has 0 aromatic carbocycles. The summed E-state index contributed by atoms with van der Waals surface area (Å²) in [6.07, 6.45) is 5.68. The van der Waals surface area contributed by atoms with E-state index >= 15 is 0 Å². The van der Waals surface area contributed by atoms with Gasteiger partial charge in [-0.2, -0.15) is 0 Å². The van der Waals surface area contributed by atoms with Crippen molar-refractivity contribution in [1.29, 1.82) is 0 Å². The van der Waals surface area contributed by atoms with Gasteiger partial charge in [0, 0.05) is 31.5 Å². The summed E-state index contributed by atoms with van der Waals surface area (Å²) in [5.41, 5.74) is 5.79. The maximum Gasteiger partial charge on any atom is 0.242 e. The molecule has 0 bridgehead atoms. The van der Waals surface area contributed by atoms with Crippen molar-refractivity contribution in [3.05, 3.63) is 24.5 Å². The molecule has 2 N–H and O–H groups in total. The van der Waals surface area contributed by atoms with Gasteiger partial charge in [0.1, 0.15) is 6.54 Å². The first-order valence-corrected chi connectivity index (χ1v) is 5.40. The van der Waals surface area contributed by atoms with Crippen LogP contribution in [0.2, 0.25) is 0 Å². The molecule has 1 fully saturated rings. The Morgan fingerprint density at radius 1 is 1.27 bits per heavy atom. The Bertz CT molecular complexity index is 313. The molecule has 0 unspecified atom stereocenters. The minimum Gasteiger partial charge on any atom is -0.345 e. The highest BCUT2D eigenvalue weighted by Crippen LogP contribution is 2.08. The second-order valence-electron chi connectivity index (χ2n) is 4.07. The first-order chi connectivity index (χ1) is 7.25. The fraction of sp³-hybridized carbons (Fsp3) is 0.545. The number of amides is 1. The first kappa shape index (κ1) is 10.2. The monoisotopic (exact) mass is 207 g/mol. The number of likely N-dealkylation sites (tertiary alicyclic amines) is 1. The van der Waals surface area contributed by atoms with Crippen LogP contribution in [0.25, 0.3) is 0 Å². The predicted molar refractivity (Wildman–Crippen MR) is 58.2 cm³/mol. The van der Waals surface area contributed by atoms with Crippen molar-refractivity contribution in [1.82, 2.24) is 9.47 Å². The van der Waals surface area contributed by atoms with Crippen LogP contribution < -0.4 is 5.73 Å². The summed E-state index contributed by atoms with van der Waals surface area (Å²) >= 11 is 0. The van der Waals surface area contributed by atoms with E-state index in [0.717, 1.165) is 25.9 Å². The van der Waals surface area contributed by atoms with E-state index in [1.807, 2.05) is 34.0 Å². The number of hydrogen-bond acceptors (Lipinski definition) is 2. The standard InChI is InChI=1S/C11H17N3O/c12-10-3-7-14(8-4-10)11(15)9-13-5-1-2-6-13/h1-2,5-6,10H,3-4,7-9,12H2. The second-order valence-corrected chi connectivity index (χ2v) is 4.07. The SMILES string of the molecule is NC1CCN(C(=O)Cn2cccc2)CC1. The van der Waals surface area contributed by atoms with E-state index in [9.17, 15) is 4.79 Å². The molecule has 0 atom stereocenters. The lowest BCUT2D eigenvalue weighted by molar-refractivity contribution is -0.132. The molecule has 1 aromatic rings. The zero-order valence-corrected chi connectivity index (χ0v) is 8.80. The van der Waals surface area contributed by atoms with Crippen molar-refractivity contribution in [2.45, 2.75) is 25.4 Å². The lowest BCUT2D eigenvalue weighted by Gasteiger charge is -2.30. The van der Waals surface area contributed by atoms with Crippen LogP contribution >= 0.6 is 0 Å². The highest BCUT2D eigenvalue weighted by atomic mass is 16.2. The molecule has 82 valence electrons. The third kappa shape index (κ3) is 2.59. The zero-order chi connectivity index (χ0) is 10.7. The van der Waals surface area contributed by atoms with Gasteiger partial charge in [0.05, 0.1) is 0 Å². The van der Waals surface area contributed by atoms with Crippen LogP contribution in [0, 0.1) is 0 Å². The van der Waals surface area contributed by atoms with Crippen LogP contribution in [0.4, 0.5) is 0 Å². The molecule has 1 aliphatic heterocycles. The van der Waals surface area contributed by atoms with Gasteiger partial charge in [-0.15, -0.1) is 0 Å². The highest BCUT2D eigenvalue weighted by molar-refractivity contribution is 5.76. The van der Waals surface area contributed by atoms with Gasteiger partial charge in [0.15, 0.2) is 0 Å². The zero-order valence-electron chi connectivity index (χ0n) is 8.80. The molecule has 2 rings (SSSR count). The topological polar surface area (TPSA) is 51.3 Å². The summed E-state index contributed by atoms with van der Waals surface area (Å²) in [6.45, 7) is 2.06. The Morgan fingerprint density at radius 3 is 2.47 bits per heavy atom. The number of piperidine rings is 1. The van der Waals surface area contributed by atoms with Gasteiger partial charge < -0.3 is 15.2 Å². The van der Waals surface area contributed by atoms with Crippen LogP contribution in [-0.2, 0) is 11.3 Å². The number of hydrogen-bond donors (Lipinski definition) is 1. The van der Waals surface area contributed by atoms with Gasteiger partial charge in [0.25, 0.3) is 0 Å². The van der Waals surface area contributed by atoms with E-state index in [0.29, 0.717) is 6.54 Å². The molecule has 0 saturated carbocycles. The van der Waals surface area contributed by atoms with E-state index in [1.165, 1.54) is 0 Å². The molecule has 0 radical (unpaired) electrons. The minimum atomic E-state index is 0.193. The summed E-state index contributed by atoms with van der Waals surface area (Å²) in [5, 5.41) is 0. The molecule has 0 aliphatic carbocycles. The Hall–Kier alpha value is -1.29. The smallest absolute Gasteiger partial charge is 0.242 e. The Balaban J connectivity index is 1.86. The van der Waals surface area contributed by atoms with Crippen molar-refractivity contribution in [3.63, 3.8) is 0 Å². The summed E-state index contributed by atoms with van der Waals surface area (Å²) in [6, 6.07) is 4.14. The van der Waals surface area contributed by atoms with E-state index in [4.69, 9.17) is 5.73 Å². The van der Waals surface area contributed by atoms with Gasteiger partial charge in [-0.25, -0.2) is 0 Å². The summed E-state index contributed by atoms with van der Waals surface area (Å²) < 4.78 is 1.90. The molecule has 4 nitrogen and oxygen atoms in total. The van der Waals surface area contributed by atoms with Crippen LogP contribution in [0.15, 0.2) is 24.5 Å². The van der Waals surface area contributed by atoms with Crippen molar-refractivity contribution in [2.24, 2.45) is 5.73 Å². The van der Waals surface area contributed by atoms with E-state index in [1.54, 1.807) is 0 Å². The van der Waals surface area contributed by atoms with Crippen LogP contribution in [0.3, 0.4) is 0 Å². The summed E-state index contributed by atoms with van der Waals surface area (Å²) in [7, 11) is 0. The van der Waals surface area contributed by atoms with Crippen LogP contribution in [0.5, 0.6) is 0 Å². The van der Waals surface area contributed by atoms with Gasteiger partial charge in [-0.3, -0.25) is 4.79 Å². The van der Waals surface area contributed by atoms with Gasteiger partial charge in [0.2, 0.25) is 5.91 Å². The van der Waals surface area contributed by atoms with E-state index in [-0.39, 0.29) is 11.9 Å². The van der Waals surface area contributed by atoms with Crippen LogP contribution in [-0.4, -0.2) is 34.5 Å². The van der Waals surface area contributed by atoms with Gasteiger partial charge in [-0.1, -0.05) is 0 Å². The number of aromatic nitrogens is 1. The molecule has 1 saturated heterocycles. The summed E-state index contributed by atoms with van der Waals surface area (Å²) in [5.74, 6) is 0.193. The number of carbonyl (C=O) groups excluding carboxylic acids is 1. The highest BCUT2D eigenvalue weighted by Gasteiger charge is 2.20. The quantitative estimate of drug-likeness (QED) is 0.765. The van der Waals surface area contributed by atoms with Crippen molar-refractivity contribution < 1.29 is 4.79 Å². The fourth-order valence-corrected chi connectivity index (χ4v) is 1.88. The Labute approximate surface area is 89.7 Å². The number of nitrogens with zero attached hydrogens (tertiary/aromatic N) is 2. The lowest BCUT2D eigenvalue weighted by atomic mass is 10.1. The largest absolute Gasteiger partial charge is 0.345 e. The van der Waals surface area contributed by atoms with Gasteiger partial charge in [-0.05, 0) is 25.0 Å². The van der Waals surface area contributed by atoms with Crippen molar-refractivity contribution in [2.75, 3.05) is 13.1 Å². The Morgan fingerprint density at radius 2 is 1.87 bits per heavy atom. The molecular weight excluding hydrogens is 190 g/mol. The van der Waals surface area contributed by atoms with Crippen molar-refractivity contribution >= 4 is 5.91 Å². The third-order valence-corrected chi connectivity index (χ3v) is 2.88. The number of nitrogens with two attached hydrogens (primary N) is 1.